The molecule has 0 spiro atoms. The molecule has 0 amide bonds. The first kappa shape index (κ1) is 59.6. The number of ether oxygens (including phenoxy) is 1. The first-order valence-corrected chi connectivity index (χ1v) is 34.1. The van der Waals surface area contributed by atoms with Gasteiger partial charge in [0.25, 0.3) is 14.7 Å². The number of fused-ring (bicyclic) bond motifs is 9. The molecular formula is C72H75O9P3. The average Bonchev–Trinajstić information content (AvgIpc) is 1.24. The lowest BCUT2D eigenvalue weighted by molar-refractivity contribution is 0.238. The first-order valence-electron chi connectivity index (χ1n) is 28.9. The maximum Gasteiger partial charge on any atom is 0.463 e. The van der Waals surface area contributed by atoms with Crippen LogP contribution in [0, 0.1) is 27.7 Å². The lowest BCUT2D eigenvalue weighted by Crippen LogP contribution is -2.21. The summed E-state index contributed by atoms with van der Waals surface area (Å²) in [5, 5.41) is 12.7. The highest BCUT2D eigenvalue weighted by Gasteiger charge is 2.41. The van der Waals surface area contributed by atoms with E-state index < -0.39 is 22.3 Å². The predicted octanol–water partition coefficient (Wildman–Crippen LogP) is 19.4. The van der Waals surface area contributed by atoms with E-state index in [2.05, 4.69) is 72.7 Å². The summed E-state index contributed by atoms with van der Waals surface area (Å²) >= 11 is 0. The van der Waals surface area contributed by atoms with E-state index in [0.717, 1.165) is 83.1 Å². The molecule has 432 valence electrons. The fourth-order valence-electron chi connectivity index (χ4n) is 11.2. The minimum atomic E-state index is -3.55. The Morgan fingerprint density at radius 2 is 0.726 bits per heavy atom. The lowest BCUT2D eigenvalue weighted by Gasteiger charge is -2.30. The second-order valence-electron chi connectivity index (χ2n) is 23.4. The Kier molecular flexibility index (Phi) is 17.2. The minimum absolute atomic E-state index is 0.0357. The van der Waals surface area contributed by atoms with Crippen LogP contribution in [0.15, 0.2) is 182 Å². The van der Waals surface area contributed by atoms with E-state index in [-0.39, 0.29) is 18.0 Å². The van der Waals surface area contributed by atoms with Crippen LogP contribution >= 0.6 is 22.3 Å². The number of benzene rings is 9. The fourth-order valence-corrected chi connectivity index (χ4v) is 17.9. The SMILES string of the molecule is Cc1cc(C(C)C)cc(C)c1OP1(=O)Oc2ccccc2-c2ccccc21.Cc1cc(C(C)C)cc(CP2(=O)Oc3ccccc3-c3ccccc32)c1O.Cc1cc(C(C)C)cc(CP2(=O)Oc3ccccc3-c3ccccc32)c1OC(C)C. The summed E-state index contributed by atoms with van der Waals surface area (Å²) in [5.74, 6) is 4.69. The Hall–Kier alpha value is -7.53. The van der Waals surface area contributed by atoms with Crippen molar-refractivity contribution in [3.8, 4) is 67.9 Å². The lowest BCUT2D eigenvalue weighted by atomic mass is 9.97. The van der Waals surface area contributed by atoms with Crippen molar-refractivity contribution < 1.29 is 41.6 Å². The normalized spacial score (nSPS) is 17.7. The molecule has 84 heavy (non-hydrogen) atoms. The Balaban J connectivity index is 0.000000141. The molecule has 9 aromatic carbocycles. The van der Waals surface area contributed by atoms with Crippen molar-refractivity contribution in [1.82, 2.24) is 0 Å². The molecule has 0 radical (unpaired) electrons. The van der Waals surface area contributed by atoms with Gasteiger partial charge in [0.2, 0.25) is 0 Å². The quantitative estimate of drug-likeness (QED) is 0.126. The van der Waals surface area contributed by atoms with Crippen molar-refractivity contribution in [1.29, 1.82) is 0 Å². The van der Waals surface area contributed by atoms with Gasteiger partial charge in [-0.2, -0.15) is 0 Å². The van der Waals surface area contributed by atoms with Crippen molar-refractivity contribution in [3.63, 3.8) is 0 Å². The van der Waals surface area contributed by atoms with Gasteiger partial charge in [0, 0.05) is 33.4 Å². The minimum Gasteiger partial charge on any atom is -0.507 e. The zero-order chi connectivity index (χ0) is 59.8. The third kappa shape index (κ3) is 12.1. The van der Waals surface area contributed by atoms with E-state index in [1.54, 1.807) is 0 Å². The zero-order valence-electron chi connectivity index (χ0n) is 50.1. The average molecular weight is 1180 g/mol. The van der Waals surface area contributed by atoms with Crippen molar-refractivity contribution in [2.24, 2.45) is 0 Å². The van der Waals surface area contributed by atoms with Crippen molar-refractivity contribution in [2.75, 3.05) is 0 Å². The highest BCUT2D eigenvalue weighted by atomic mass is 31.2. The molecule has 0 aliphatic carbocycles. The van der Waals surface area contributed by atoms with Gasteiger partial charge in [0.05, 0.1) is 34.3 Å². The maximum absolute atomic E-state index is 14.3. The van der Waals surface area contributed by atoms with Gasteiger partial charge in [-0.1, -0.05) is 187 Å². The van der Waals surface area contributed by atoms with Gasteiger partial charge in [-0.25, -0.2) is 4.57 Å². The van der Waals surface area contributed by atoms with Crippen LogP contribution in [0.4, 0.5) is 0 Å². The van der Waals surface area contributed by atoms with Gasteiger partial charge >= 0.3 is 7.60 Å². The largest absolute Gasteiger partial charge is 0.507 e. The van der Waals surface area contributed by atoms with E-state index in [4.69, 9.17) is 22.8 Å². The summed E-state index contributed by atoms with van der Waals surface area (Å²) in [7, 11) is -9.94. The molecule has 3 aliphatic heterocycles. The van der Waals surface area contributed by atoms with Crippen molar-refractivity contribution in [3.05, 3.63) is 232 Å². The molecule has 0 bridgehead atoms. The van der Waals surface area contributed by atoms with Gasteiger partial charge < -0.3 is 27.9 Å². The molecule has 0 saturated carbocycles. The number of aromatic hydroxyl groups is 1. The molecule has 3 aliphatic rings. The van der Waals surface area contributed by atoms with Gasteiger partial charge in [-0.3, -0.25) is 9.13 Å². The van der Waals surface area contributed by atoms with Gasteiger partial charge in [-0.05, 0) is 146 Å². The van der Waals surface area contributed by atoms with Gasteiger partial charge in [-0.15, -0.1) is 0 Å². The van der Waals surface area contributed by atoms with E-state index >= 15 is 0 Å². The number of rotatable bonds is 11. The highest BCUT2D eigenvalue weighted by Crippen LogP contribution is 2.60. The summed E-state index contributed by atoms with van der Waals surface area (Å²) in [6, 6.07) is 58.8. The summed E-state index contributed by atoms with van der Waals surface area (Å²) in [4.78, 5) is 0. The molecular weight excluding hydrogens is 1100 g/mol. The topological polar surface area (TPSA) is 118 Å². The maximum atomic E-state index is 14.3. The summed E-state index contributed by atoms with van der Waals surface area (Å²) in [5.41, 5.74) is 14.7. The van der Waals surface area contributed by atoms with E-state index in [1.807, 2.05) is 192 Å². The van der Waals surface area contributed by atoms with Crippen LogP contribution in [0.1, 0.15) is 123 Å². The van der Waals surface area contributed by atoms with Gasteiger partial charge in [0.1, 0.15) is 34.5 Å². The second kappa shape index (κ2) is 24.2. The highest BCUT2D eigenvalue weighted by molar-refractivity contribution is 7.67. The predicted molar refractivity (Wildman–Crippen MR) is 345 cm³/mol. The molecule has 1 N–H and O–H groups in total. The van der Waals surface area contributed by atoms with Crippen LogP contribution in [-0.4, -0.2) is 11.2 Å². The van der Waals surface area contributed by atoms with Crippen molar-refractivity contribution >= 4 is 38.2 Å². The molecule has 0 aromatic heterocycles. The van der Waals surface area contributed by atoms with Crippen LogP contribution in [0.5, 0.6) is 34.5 Å². The summed E-state index contributed by atoms with van der Waals surface area (Å²) < 4.78 is 72.9. The molecule has 3 atom stereocenters. The zero-order valence-corrected chi connectivity index (χ0v) is 52.8. The molecule has 12 rings (SSSR count). The fraction of sp³-hybridized carbons (Fsp3) is 0.250. The Morgan fingerprint density at radius 1 is 0.393 bits per heavy atom. The van der Waals surface area contributed by atoms with Crippen LogP contribution in [0.3, 0.4) is 0 Å². The number of phenolic OH excluding ortho intramolecular Hbond substituents is 1. The molecule has 0 saturated heterocycles. The Labute approximate surface area is 496 Å². The summed E-state index contributed by atoms with van der Waals surface area (Å²) in [6.07, 6.45) is 0.515. The molecule has 9 nitrogen and oxygen atoms in total. The first-order chi connectivity index (χ1) is 40.1. The standard InChI is InChI=1S/C26H29O3P.2C23H23O3P/c1-17(2)20-14-19(5)26(28-18(3)4)21(15-20)16-30(27)25-13-9-7-11-23(25)22-10-6-8-12-24(22)29-30;1-15(2)18-13-16(3)23(17(4)14-18)26-27(24)22-12-8-6-10-20(22)19-9-5-7-11-21(19)25-27;1-15(2)17-12-16(3)23(24)18(13-17)14-27(25)22-11-7-5-9-20(22)19-8-4-6-10-21(19)26-27/h6-15,17-18H,16H2,1-5H3;5-15H,1-4H3;4-13,15,24H,14H2,1-3H3. The monoisotopic (exact) mass is 1180 g/mol. The molecule has 9 aromatic rings. The van der Waals surface area contributed by atoms with Crippen LogP contribution in [0.2, 0.25) is 0 Å². The van der Waals surface area contributed by atoms with Crippen LogP contribution in [0.25, 0.3) is 33.4 Å². The van der Waals surface area contributed by atoms with E-state index in [9.17, 15) is 18.8 Å². The molecule has 3 heterocycles. The third-order valence-corrected chi connectivity index (χ3v) is 22.1. The van der Waals surface area contributed by atoms with Crippen molar-refractivity contribution in [2.45, 2.75) is 119 Å². The molecule has 3 unspecified atom stereocenters. The summed E-state index contributed by atoms with van der Waals surface area (Å²) in [6.45, 7) is 24.9. The smallest absolute Gasteiger partial charge is 0.463 e. The number of para-hydroxylation sites is 3. The number of aryl methyl sites for hydroxylation is 4. The second-order valence-corrected chi connectivity index (χ2v) is 29.8. The van der Waals surface area contributed by atoms with Gasteiger partial charge in [0.15, 0.2) is 0 Å². The van der Waals surface area contributed by atoms with Crippen LogP contribution < -0.4 is 38.7 Å². The Morgan fingerprint density at radius 3 is 1.17 bits per heavy atom. The number of phenols is 1. The molecule has 0 fully saturated rings. The van der Waals surface area contributed by atoms with E-state index in [1.165, 1.54) is 11.1 Å². The molecule has 12 heteroatoms. The number of hydrogen-bond donors (Lipinski definition) is 1. The third-order valence-electron chi connectivity index (χ3n) is 15.6. The van der Waals surface area contributed by atoms with E-state index in [0.29, 0.717) is 57.8 Å². The van der Waals surface area contributed by atoms with Crippen LogP contribution in [-0.2, 0) is 26.0 Å². The Bertz CT molecular complexity index is 4080. The number of hydrogen-bond acceptors (Lipinski definition) is 9.